The van der Waals surface area contributed by atoms with E-state index in [0.717, 1.165) is 22.9 Å². The van der Waals surface area contributed by atoms with Crippen molar-refractivity contribution in [3.63, 3.8) is 0 Å². The van der Waals surface area contributed by atoms with Gasteiger partial charge in [0.1, 0.15) is 5.82 Å². The van der Waals surface area contributed by atoms with Crippen LogP contribution in [-0.2, 0) is 14.4 Å². The van der Waals surface area contributed by atoms with E-state index >= 15 is 0 Å². The largest absolute Gasteiger partial charge is 0.311 e. The van der Waals surface area contributed by atoms with Crippen molar-refractivity contribution in [2.75, 3.05) is 5.75 Å². The summed E-state index contributed by atoms with van der Waals surface area (Å²) in [4.78, 5) is 38.1. The molecule has 0 radical (unpaired) electrons. The zero-order chi connectivity index (χ0) is 20.8. The molecule has 0 aromatic heterocycles. The number of carbonyl (C=O) groups is 3. The maximum Gasteiger partial charge on any atom is 0.248 e. The Hall–Kier alpha value is -3.13. The molecule has 0 fully saturated rings. The van der Waals surface area contributed by atoms with E-state index in [-0.39, 0.29) is 18.1 Å². The van der Waals surface area contributed by atoms with Gasteiger partial charge in [0.05, 0.1) is 18.2 Å². The Morgan fingerprint density at radius 3 is 2.48 bits per heavy atom. The SMILES string of the molecule is CC(=O)N1C=Cc2ccccc2[C@@H]1CC(=O)NNC(=O)CSc1ccccc1F. The average molecular weight is 413 g/mol. The Bertz CT molecular complexity index is 964. The number of amides is 3. The third-order valence-electron chi connectivity index (χ3n) is 4.38. The lowest BCUT2D eigenvalue weighted by atomic mass is 9.93. The molecule has 1 aliphatic heterocycles. The highest BCUT2D eigenvalue weighted by Crippen LogP contribution is 2.32. The summed E-state index contributed by atoms with van der Waals surface area (Å²) in [6, 6.07) is 13.2. The first-order valence-electron chi connectivity index (χ1n) is 8.96. The number of hydrazine groups is 1. The molecule has 0 aliphatic carbocycles. The molecular weight excluding hydrogens is 393 g/mol. The lowest BCUT2D eigenvalue weighted by molar-refractivity contribution is -0.131. The van der Waals surface area contributed by atoms with Crippen molar-refractivity contribution in [3.8, 4) is 0 Å². The Balaban J connectivity index is 1.55. The molecule has 3 rings (SSSR count). The number of hydrogen-bond acceptors (Lipinski definition) is 4. The van der Waals surface area contributed by atoms with Gasteiger partial charge in [-0.1, -0.05) is 36.4 Å². The Labute approximate surface area is 172 Å². The summed E-state index contributed by atoms with van der Waals surface area (Å²) in [6.07, 6.45) is 3.47. The number of thioether (sulfide) groups is 1. The molecule has 1 heterocycles. The monoisotopic (exact) mass is 413 g/mol. The van der Waals surface area contributed by atoms with Crippen LogP contribution in [-0.4, -0.2) is 28.4 Å². The molecule has 2 N–H and O–H groups in total. The van der Waals surface area contributed by atoms with Gasteiger partial charge in [-0.3, -0.25) is 25.2 Å². The van der Waals surface area contributed by atoms with Crippen molar-refractivity contribution >= 4 is 35.6 Å². The third-order valence-corrected chi connectivity index (χ3v) is 5.43. The molecule has 8 heteroatoms. The highest BCUT2D eigenvalue weighted by molar-refractivity contribution is 8.00. The fraction of sp³-hybridized carbons (Fsp3) is 0.190. The molecule has 150 valence electrons. The summed E-state index contributed by atoms with van der Waals surface area (Å²) in [5.74, 6) is -1.52. The summed E-state index contributed by atoms with van der Waals surface area (Å²) in [5.41, 5.74) is 6.49. The fourth-order valence-corrected chi connectivity index (χ4v) is 3.76. The van der Waals surface area contributed by atoms with Crippen LogP contribution in [0.25, 0.3) is 6.08 Å². The fourth-order valence-electron chi connectivity index (χ4n) is 3.02. The number of halogens is 1. The Morgan fingerprint density at radius 1 is 1.03 bits per heavy atom. The predicted octanol–water partition coefficient (Wildman–Crippen LogP) is 3.03. The second-order valence-electron chi connectivity index (χ2n) is 6.41. The van der Waals surface area contributed by atoms with E-state index in [1.807, 2.05) is 30.3 Å². The summed E-state index contributed by atoms with van der Waals surface area (Å²) < 4.78 is 13.6. The number of hydrogen-bond donors (Lipinski definition) is 2. The summed E-state index contributed by atoms with van der Waals surface area (Å²) in [7, 11) is 0. The molecule has 29 heavy (non-hydrogen) atoms. The molecule has 3 amide bonds. The van der Waals surface area contributed by atoms with Gasteiger partial charge in [0.15, 0.2) is 0 Å². The van der Waals surface area contributed by atoms with Crippen LogP contribution >= 0.6 is 11.8 Å². The lowest BCUT2D eigenvalue weighted by Gasteiger charge is -2.32. The number of nitrogens with zero attached hydrogens (tertiary/aromatic N) is 1. The van der Waals surface area contributed by atoms with E-state index in [1.54, 1.807) is 24.4 Å². The summed E-state index contributed by atoms with van der Waals surface area (Å²) >= 11 is 1.04. The van der Waals surface area contributed by atoms with E-state index in [9.17, 15) is 18.8 Å². The molecular formula is C21H20FN3O3S. The maximum absolute atomic E-state index is 13.6. The second kappa shape index (κ2) is 9.38. The van der Waals surface area contributed by atoms with E-state index in [2.05, 4.69) is 10.9 Å². The van der Waals surface area contributed by atoms with Crippen molar-refractivity contribution in [2.24, 2.45) is 0 Å². The number of benzene rings is 2. The van der Waals surface area contributed by atoms with Crippen LogP contribution in [0.3, 0.4) is 0 Å². The number of carbonyl (C=O) groups excluding carboxylic acids is 3. The number of rotatable bonds is 5. The van der Waals surface area contributed by atoms with Gasteiger partial charge in [0.2, 0.25) is 17.7 Å². The zero-order valence-corrected chi connectivity index (χ0v) is 16.5. The number of fused-ring (bicyclic) bond motifs is 1. The minimum atomic E-state index is -0.460. The topological polar surface area (TPSA) is 78.5 Å². The van der Waals surface area contributed by atoms with Crippen molar-refractivity contribution < 1.29 is 18.8 Å². The standard InChI is InChI=1S/C21H20FN3O3S/c1-14(26)25-11-10-15-6-2-3-7-16(15)18(25)12-20(27)23-24-21(28)13-29-19-9-5-4-8-17(19)22/h2-11,18H,12-13H2,1H3,(H,23,27)(H,24,28)/t18-/m0/s1. The van der Waals surface area contributed by atoms with Gasteiger partial charge < -0.3 is 4.90 Å². The van der Waals surface area contributed by atoms with Crippen molar-refractivity contribution in [1.82, 2.24) is 15.8 Å². The molecule has 6 nitrogen and oxygen atoms in total. The van der Waals surface area contributed by atoms with Crippen LogP contribution in [0.2, 0.25) is 0 Å². The van der Waals surface area contributed by atoms with E-state index < -0.39 is 23.7 Å². The predicted molar refractivity (Wildman–Crippen MR) is 109 cm³/mol. The first-order valence-corrected chi connectivity index (χ1v) is 9.95. The Morgan fingerprint density at radius 2 is 1.72 bits per heavy atom. The molecule has 0 spiro atoms. The van der Waals surface area contributed by atoms with Crippen LogP contribution in [0.15, 0.2) is 59.6 Å². The normalized spacial score (nSPS) is 14.8. The van der Waals surface area contributed by atoms with Crippen molar-refractivity contribution in [1.29, 1.82) is 0 Å². The molecule has 2 aromatic rings. The van der Waals surface area contributed by atoms with Crippen LogP contribution in [0.1, 0.15) is 30.5 Å². The number of nitrogens with one attached hydrogen (secondary N) is 2. The van der Waals surface area contributed by atoms with Crippen LogP contribution in [0.5, 0.6) is 0 Å². The van der Waals surface area contributed by atoms with Gasteiger partial charge in [-0.05, 0) is 29.3 Å². The van der Waals surface area contributed by atoms with E-state index in [0.29, 0.717) is 4.90 Å². The van der Waals surface area contributed by atoms with Gasteiger partial charge in [-0.2, -0.15) is 0 Å². The minimum Gasteiger partial charge on any atom is -0.311 e. The highest BCUT2D eigenvalue weighted by atomic mass is 32.2. The Kier molecular flexibility index (Phi) is 6.66. The second-order valence-corrected chi connectivity index (χ2v) is 7.42. The van der Waals surface area contributed by atoms with Crippen LogP contribution in [0.4, 0.5) is 4.39 Å². The quantitative estimate of drug-likeness (QED) is 0.583. The first kappa shape index (κ1) is 20.6. The first-order chi connectivity index (χ1) is 14.0. The smallest absolute Gasteiger partial charge is 0.248 e. The minimum absolute atomic E-state index is 0.0122. The molecule has 0 saturated carbocycles. The van der Waals surface area contributed by atoms with Gasteiger partial charge in [0.25, 0.3) is 0 Å². The third kappa shape index (κ3) is 5.23. The van der Waals surface area contributed by atoms with Crippen LogP contribution in [0, 0.1) is 5.82 Å². The molecule has 0 bridgehead atoms. The van der Waals surface area contributed by atoms with Gasteiger partial charge in [-0.25, -0.2) is 4.39 Å². The molecule has 0 saturated heterocycles. The molecule has 2 aromatic carbocycles. The summed E-state index contributed by atoms with van der Waals surface area (Å²) in [6.45, 7) is 1.44. The molecule has 1 atom stereocenters. The van der Waals surface area contributed by atoms with Gasteiger partial charge in [-0.15, -0.1) is 11.8 Å². The highest BCUT2D eigenvalue weighted by Gasteiger charge is 2.28. The van der Waals surface area contributed by atoms with E-state index in [4.69, 9.17) is 0 Å². The van der Waals surface area contributed by atoms with Crippen molar-refractivity contribution in [2.45, 2.75) is 24.3 Å². The lowest BCUT2D eigenvalue weighted by Crippen LogP contribution is -2.44. The van der Waals surface area contributed by atoms with E-state index in [1.165, 1.54) is 17.9 Å². The molecule has 1 aliphatic rings. The molecule has 0 unspecified atom stereocenters. The van der Waals surface area contributed by atoms with Crippen molar-refractivity contribution in [3.05, 3.63) is 71.7 Å². The summed E-state index contributed by atoms with van der Waals surface area (Å²) in [5, 5.41) is 0. The average Bonchev–Trinajstić information content (AvgIpc) is 2.71. The van der Waals surface area contributed by atoms with Gasteiger partial charge >= 0.3 is 0 Å². The maximum atomic E-state index is 13.6. The zero-order valence-electron chi connectivity index (χ0n) is 15.7. The van der Waals surface area contributed by atoms with Gasteiger partial charge in [0, 0.05) is 18.0 Å². The van der Waals surface area contributed by atoms with Crippen LogP contribution < -0.4 is 10.9 Å².